The van der Waals surface area contributed by atoms with E-state index in [2.05, 4.69) is 26.8 Å². The van der Waals surface area contributed by atoms with Gasteiger partial charge in [0, 0.05) is 36.9 Å². The first-order chi connectivity index (χ1) is 14.2. The monoisotopic (exact) mass is 409 g/mol. The lowest BCUT2D eigenvalue weighted by Gasteiger charge is -2.24. The van der Waals surface area contributed by atoms with Crippen molar-refractivity contribution in [3.63, 3.8) is 0 Å². The van der Waals surface area contributed by atoms with Gasteiger partial charge >= 0.3 is 0 Å². The summed E-state index contributed by atoms with van der Waals surface area (Å²) in [5, 5.41) is 12.4. The van der Waals surface area contributed by atoms with Crippen molar-refractivity contribution in [3.05, 3.63) is 69.9 Å². The molecule has 4 rings (SSSR count). The highest BCUT2D eigenvalue weighted by Gasteiger charge is 2.25. The predicted molar refractivity (Wildman–Crippen MR) is 111 cm³/mol. The van der Waals surface area contributed by atoms with Crippen LogP contribution >= 0.6 is 11.3 Å². The van der Waals surface area contributed by atoms with Crippen LogP contribution in [0.2, 0.25) is 0 Å². The topological polar surface area (TPSA) is 88.9 Å². The van der Waals surface area contributed by atoms with Gasteiger partial charge in [-0.15, -0.1) is 11.3 Å². The highest BCUT2D eigenvalue weighted by Crippen LogP contribution is 2.23. The number of nitrogens with one attached hydrogen (secondary N) is 2. The zero-order valence-electron chi connectivity index (χ0n) is 16.0. The van der Waals surface area contributed by atoms with Crippen molar-refractivity contribution in [2.24, 2.45) is 5.92 Å². The minimum Gasteiger partial charge on any atom is -0.352 e. The molecule has 2 amide bonds. The lowest BCUT2D eigenvalue weighted by atomic mass is 9.94. The molecule has 29 heavy (non-hydrogen) atoms. The molecule has 0 aliphatic carbocycles. The van der Waals surface area contributed by atoms with E-state index < -0.39 is 0 Å². The number of carbonyl (C=O) groups excluding carboxylic acids is 2. The van der Waals surface area contributed by atoms with E-state index in [1.807, 2.05) is 16.1 Å². The molecule has 150 valence electrons. The highest BCUT2D eigenvalue weighted by molar-refractivity contribution is 7.09. The van der Waals surface area contributed by atoms with E-state index in [0.717, 1.165) is 31.5 Å². The van der Waals surface area contributed by atoms with E-state index in [-0.39, 0.29) is 17.7 Å². The smallest absolute Gasteiger partial charge is 0.254 e. The van der Waals surface area contributed by atoms with Gasteiger partial charge in [-0.1, -0.05) is 6.07 Å². The van der Waals surface area contributed by atoms with E-state index in [4.69, 9.17) is 0 Å². The Morgan fingerprint density at radius 3 is 2.90 bits per heavy atom. The number of pyridine rings is 1. The summed E-state index contributed by atoms with van der Waals surface area (Å²) in [5.41, 5.74) is 2.14. The average Bonchev–Trinajstić information content (AvgIpc) is 3.42. The zero-order chi connectivity index (χ0) is 20.1. The number of fused-ring (bicyclic) bond motifs is 1. The first-order valence-electron chi connectivity index (χ1n) is 9.74. The number of rotatable bonds is 7. The van der Waals surface area contributed by atoms with Crippen molar-refractivity contribution in [1.82, 2.24) is 25.4 Å². The van der Waals surface area contributed by atoms with Crippen molar-refractivity contribution in [1.29, 1.82) is 0 Å². The summed E-state index contributed by atoms with van der Waals surface area (Å²) in [4.78, 5) is 30.1. The number of amides is 2. The van der Waals surface area contributed by atoms with Crippen LogP contribution in [0.3, 0.4) is 0 Å². The van der Waals surface area contributed by atoms with Gasteiger partial charge < -0.3 is 10.6 Å². The molecule has 0 spiro atoms. The summed E-state index contributed by atoms with van der Waals surface area (Å²) in [6.07, 6.45) is 7.33. The third kappa shape index (κ3) is 4.71. The number of thiophene rings is 1. The van der Waals surface area contributed by atoms with E-state index in [1.54, 1.807) is 42.1 Å². The zero-order valence-corrected chi connectivity index (χ0v) is 16.8. The SMILES string of the molecule is O=C(NC[C@@H]1CCn2ncc(C(=O)NCCc3cccs3)c2C1)c1cccnc1. The summed E-state index contributed by atoms with van der Waals surface area (Å²) in [6, 6.07) is 7.58. The van der Waals surface area contributed by atoms with Gasteiger partial charge in [-0.2, -0.15) is 5.10 Å². The van der Waals surface area contributed by atoms with Crippen LogP contribution in [0.25, 0.3) is 0 Å². The summed E-state index contributed by atoms with van der Waals surface area (Å²) in [5.74, 6) is 0.0732. The number of nitrogens with zero attached hydrogens (tertiary/aromatic N) is 3. The Bertz CT molecular complexity index is 968. The molecule has 8 heteroatoms. The molecule has 3 aromatic rings. The van der Waals surface area contributed by atoms with Gasteiger partial charge in [-0.25, -0.2) is 0 Å². The molecule has 1 aliphatic rings. The third-order valence-electron chi connectivity index (χ3n) is 5.14. The molecule has 7 nitrogen and oxygen atoms in total. The number of aryl methyl sites for hydroxylation is 1. The van der Waals surface area contributed by atoms with Gasteiger partial charge in [0.15, 0.2) is 0 Å². The Labute approximate surface area is 173 Å². The van der Waals surface area contributed by atoms with Gasteiger partial charge in [0.05, 0.1) is 23.0 Å². The molecule has 3 aromatic heterocycles. The normalized spacial score (nSPS) is 15.5. The van der Waals surface area contributed by atoms with E-state index in [1.165, 1.54) is 4.88 Å². The molecule has 0 saturated carbocycles. The second kappa shape index (κ2) is 9.00. The van der Waals surface area contributed by atoms with Crippen LogP contribution < -0.4 is 10.6 Å². The number of carbonyl (C=O) groups is 2. The largest absolute Gasteiger partial charge is 0.352 e. The van der Waals surface area contributed by atoms with Crippen molar-refractivity contribution in [3.8, 4) is 0 Å². The van der Waals surface area contributed by atoms with Crippen molar-refractivity contribution >= 4 is 23.2 Å². The fourth-order valence-electron chi connectivity index (χ4n) is 3.55. The average molecular weight is 410 g/mol. The Morgan fingerprint density at radius 1 is 1.17 bits per heavy atom. The van der Waals surface area contributed by atoms with Gasteiger partial charge in [-0.05, 0) is 48.8 Å². The maximum Gasteiger partial charge on any atom is 0.254 e. The van der Waals surface area contributed by atoms with Crippen LogP contribution in [0.5, 0.6) is 0 Å². The van der Waals surface area contributed by atoms with Gasteiger partial charge in [0.25, 0.3) is 11.8 Å². The number of hydrogen-bond acceptors (Lipinski definition) is 5. The van der Waals surface area contributed by atoms with Crippen LogP contribution in [0.1, 0.15) is 37.7 Å². The highest BCUT2D eigenvalue weighted by atomic mass is 32.1. The number of aromatic nitrogens is 3. The molecule has 0 aromatic carbocycles. The lowest BCUT2D eigenvalue weighted by molar-refractivity contribution is 0.0935. The summed E-state index contributed by atoms with van der Waals surface area (Å²) in [7, 11) is 0. The Balaban J connectivity index is 1.32. The molecule has 4 heterocycles. The second-order valence-electron chi connectivity index (χ2n) is 7.12. The number of hydrogen-bond donors (Lipinski definition) is 2. The Morgan fingerprint density at radius 2 is 2.10 bits per heavy atom. The first-order valence-corrected chi connectivity index (χ1v) is 10.6. The minimum atomic E-state index is -0.122. The Kier molecular flexibility index (Phi) is 6.00. The maximum absolute atomic E-state index is 12.6. The molecule has 0 fully saturated rings. The molecule has 0 saturated heterocycles. The van der Waals surface area contributed by atoms with Crippen LogP contribution in [0.4, 0.5) is 0 Å². The van der Waals surface area contributed by atoms with Gasteiger partial charge in [0.1, 0.15) is 0 Å². The predicted octanol–water partition coefficient (Wildman–Crippen LogP) is 2.30. The summed E-state index contributed by atoms with van der Waals surface area (Å²) >= 11 is 1.70. The molecular weight excluding hydrogens is 386 g/mol. The van der Waals surface area contributed by atoms with Gasteiger partial charge in [0.2, 0.25) is 0 Å². The minimum absolute atomic E-state index is 0.0807. The summed E-state index contributed by atoms with van der Waals surface area (Å²) < 4.78 is 1.91. The van der Waals surface area contributed by atoms with Crippen LogP contribution in [0, 0.1) is 5.92 Å². The Hall–Kier alpha value is -3.00. The third-order valence-corrected chi connectivity index (χ3v) is 6.07. The molecule has 0 bridgehead atoms. The maximum atomic E-state index is 12.6. The molecule has 2 N–H and O–H groups in total. The van der Waals surface area contributed by atoms with E-state index in [0.29, 0.717) is 24.2 Å². The molecule has 0 radical (unpaired) electrons. The first kappa shape index (κ1) is 19.3. The van der Waals surface area contributed by atoms with Crippen molar-refractivity contribution < 1.29 is 9.59 Å². The fourth-order valence-corrected chi connectivity index (χ4v) is 4.26. The van der Waals surface area contributed by atoms with E-state index in [9.17, 15) is 9.59 Å². The molecule has 0 unspecified atom stereocenters. The quantitative estimate of drug-likeness (QED) is 0.627. The molecule has 1 aliphatic heterocycles. The van der Waals surface area contributed by atoms with Gasteiger partial charge in [-0.3, -0.25) is 19.3 Å². The summed E-state index contributed by atoms with van der Waals surface area (Å²) in [6.45, 7) is 1.93. The fraction of sp³-hybridized carbons (Fsp3) is 0.333. The van der Waals surface area contributed by atoms with E-state index >= 15 is 0 Å². The standard InChI is InChI=1S/C21H23N5O2S/c27-20(16-3-1-7-22-13-16)24-12-15-6-9-26-19(11-15)18(14-25-26)21(28)23-8-5-17-4-2-10-29-17/h1-4,7,10,13-15H,5-6,8-9,11-12H2,(H,23,28)(H,24,27)/t15-/m1/s1. The molecular formula is C21H23N5O2S. The second-order valence-corrected chi connectivity index (χ2v) is 8.16. The molecule has 1 atom stereocenters. The van der Waals surface area contributed by atoms with Crippen LogP contribution in [0.15, 0.2) is 48.2 Å². The van der Waals surface area contributed by atoms with Crippen LogP contribution in [-0.4, -0.2) is 39.7 Å². The van der Waals surface area contributed by atoms with Crippen molar-refractivity contribution in [2.45, 2.75) is 25.8 Å². The van der Waals surface area contributed by atoms with Crippen LogP contribution in [-0.2, 0) is 19.4 Å². The lowest BCUT2D eigenvalue weighted by Crippen LogP contribution is -2.34. The van der Waals surface area contributed by atoms with Crippen molar-refractivity contribution in [2.75, 3.05) is 13.1 Å².